The predicted molar refractivity (Wildman–Crippen MR) is 67.2 cm³/mol. The molecule has 112 valence electrons. The first-order valence-electron chi connectivity index (χ1n) is 7.22. The fourth-order valence-corrected chi connectivity index (χ4v) is 3.16. The highest BCUT2D eigenvalue weighted by Crippen LogP contribution is 2.34. The Kier molecular flexibility index (Phi) is 3.70. The van der Waals surface area contributed by atoms with Crippen molar-refractivity contribution < 1.29 is 13.2 Å². The van der Waals surface area contributed by atoms with E-state index in [2.05, 4.69) is 15.5 Å². The van der Waals surface area contributed by atoms with Crippen LogP contribution in [-0.4, -0.2) is 34.0 Å². The molecular weight excluding hydrogens is 269 g/mol. The van der Waals surface area contributed by atoms with E-state index in [9.17, 15) is 13.2 Å². The van der Waals surface area contributed by atoms with Gasteiger partial charge >= 0.3 is 6.18 Å². The largest absolute Gasteiger partial charge is 0.393 e. The number of aryl methyl sites for hydroxylation is 1. The molecule has 2 atom stereocenters. The van der Waals surface area contributed by atoms with Gasteiger partial charge < -0.3 is 9.88 Å². The van der Waals surface area contributed by atoms with Crippen LogP contribution in [0.2, 0.25) is 0 Å². The Bertz CT molecular complexity index is 463. The molecule has 3 rings (SSSR count). The Balaban J connectivity index is 1.73. The maximum Gasteiger partial charge on any atom is 0.393 e. The van der Waals surface area contributed by atoms with Crippen molar-refractivity contribution in [3.63, 3.8) is 0 Å². The molecule has 2 aliphatic rings. The lowest BCUT2D eigenvalue weighted by Gasteiger charge is -2.27. The summed E-state index contributed by atoms with van der Waals surface area (Å²) in [6.45, 7) is 1.94. The van der Waals surface area contributed by atoms with Crippen LogP contribution < -0.4 is 5.32 Å². The summed E-state index contributed by atoms with van der Waals surface area (Å²) in [4.78, 5) is 0. The molecule has 7 heteroatoms. The van der Waals surface area contributed by atoms with Crippen molar-refractivity contribution in [2.45, 2.75) is 44.8 Å². The van der Waals surface area contributed by atoms with E-state index in [1.807, 2.05) is 0 Å². The van der Waals surface area contributed by atoms with Gasteiger partial charge in [-0.3, -0.25) is 0 Å². The van der Waals surface area contributed by atoms with E-state index in [-0.39, 0.29) is 13.0 Å². The van der Waals surface area contributed by atoms with Crippen LogP contribution in [0.25, 0.3) is 0 Å². The van der Waals surface area contributed by atoms with Crippen LogP contribution in [0.3, 0.4) is 0 Å². The first-order chi connectivity index (χ1) is 9.54. The molecule has 20 heavy (non-hydrogen) atoms. The second-order valence-corrected chi connectivity index (χ2v) is 5.84. The SMILES string of the molecule is FC(F)(F)C1CCc2nnc(CC3CCCNC3)n2C1. The maximum absolute atomic E-state index is 12.9. The first-order valence-corrected chi connectivity index (χ1v) is 7.22. The van der Waals surface area contributed by atoms with Crippen LogP contribution >= 0.6 is 0 Å². The Morgan fingerprint density at radius 3 is 2.80 bits per heavy atom. The number of hydrogen-bond donors (Lipinski definition) is 1. The highest BCUT2D eigenvalue weighted by molar-refractivity contribution is 5.02. The molecule has 0 amide bonds. The minimum atomic E-state index is -4.12. The van der Waals surface area contributed by atoms with Crippen molar-refractivity contribution in [2.24, 2.45) is 11.8 Å². The van der Waals surface area contributed by atoms with Gasteiger partial charge in [-0.25, -0.2) is 0 Å². The summed E-state index contributed by atoms with van der Waals surface area (Å²) >= 11 is 0. The summed E-state index contributed by atoms with van der Waals surface area (Å²) in [5.41, 5.74) is 0. The van der Waals surface area contributed by atoms with Crippen molar-refractivity contribution >= 4 is 0 Å². The topological polar surface area (TPSA) is 42.7 Å². The molecule has 0 spiro atoms. The van der Waals surface area contributed by atoms with Crippen LogP contribution in [0.1, 0.15) is 30.9 Å². The van der Waals surface area contributed by atoms with Gasteiger partial charge in [0, 0.05) is 19.4 Å². The second kappa shape index (κ2) is 5.35. The van der Waals surface area contributed by atoms with Crippen LogP contribution in [0.15, 0.2) is 0 Å². The van der Waals surface area contributed by atoms with Crippen molar-refractivity contribution in [1.82, 2.24) is 20.1 Å². The molecule has 1 saturated heterocycles. The van der Waals surface area contributed by atoms with Crippen LogP contribution in [-0.2, 0) is 19.4 Å². The number of rotatable bonds is 2. The summed E-state index contributed by atoms with van der Waals surface area (Å²) in [6.07, 6.45) is -0.655. The van der Waals surface area contributed by atoms with Crippen LogP contribution in [0.4, 0.5) is 13.2 Å². The zero-order chi connectivity index (χ0) is 14.2. The number of halogens is 3. The van der Waals surface area contributed by atoms with Gasteiger partial charge in [0.15, 0.2) is 0 Å². The van der Waals surface area contributed by atoms with Gasteiger partial charge in [-0.2, -0.15) is 13.2 Å². The normalized spacial score (nSPS) is 27.4. The van der Waals surface area contributed by atoms with Crippen LogP contribution in [0, 0.1) is 11.8 Å². The quantitative estimate of drug-likeness (QED) is 0.904. The first kappa shape index (κ1) is 13.9. The third-order valence-electron chi connectivity index (χ3n) is 4.36. The fourth-order valence-electron chi connectivity index (χ4n) is 3.16. The van der Waals surface area contributed by atoms with Gasteiger partial charge in [0.05, 0.1) is 5.92 Å². The van der Waals surface area contributed by atoms with E-state index in [4.69, 9.17) is 0 Å². The lowest BCUT2D eigenvalue weighted by atomic mass is 9.95. The van der Waals surface area contributed by atoms with Crippen molar-refractivity contribution in [3.8, 4) is 0 Å². The molecule has 0 saturated carbocycles. The van der Waals surface area contributed by atoms with Crippen molar-refractivity contribution in [3.05, 3.63) is 11.6 Å². The van der Waals surface area contributed by atoms with Gasteiger partial charge in [0.1, 0.15) is 11.6 Å². The lowest BCUT2D eigenvalue weighted by molar-refractivity contribution is -0.182. The van der Waals surface area contributed by atoms with E-state index >= 15 is 0 Å². The Hall–Kier alpha value is -1.11. The van der Waals surface area contributed by atoms with Crippen molar-refractivity contribution in [1.29, 1.82) is 0 Å². The maximum atomic E-state index is 12.9. The molecule has 1 fully saturated rings. The van der Waals surface area contributed by atoms with Gasteiger partial charge in [-0.05, 0) is 38.3 Å². The predicted octanol–water partition coefficient (Wildman–Crippen LogP) is 1.94. The zero-order valence-corrected chi connectivity index (χ0v) is 11.3. The number of alkyl halides is 3. The van der Waals surface area contributed by atoms with Crippen molar-refractivity contribution in [2.75, 3.05) is 13.1 Å². The Labute approximate surface area is 115 Å². The summed E-state index contributed by atoms with van der Waals surface area (Å²) in [5.74, 6) is 0.643. The smallest absolute Gasteiger partial charge is 0.316 e. The second-order valence-electron chi connectivity index (χ2n) is 5.84. The highest BCUT2D eigenvalue weighted by atomic mass is 19.4. The summed E-state index contributed by atoms with van der Waals surface area (Å²) in [6, 6.07) is 0. The lowest BCUT2D eigenvalue weighted by Crippen LogP contribution is -2.34. The fraction of sp³-hybridized carbons (Fsp3) is 0.846. The number of piperidine rings is 1. The molecule has 2 unspecified atom stereocenters. The molecule has 4 nitrogen and oxygen atoms in total. The molecular formula is C13H19F3N4. The Morgan fingerprint density at radius 2 is 2.10 bits per heavy atom. The number of aromatic nitrogens is 3. The van der Waals surface area contributed by atoms with Crippen LogP contribution in [0.5, 0.6) is 0 Å². The Morgan fingerprint density at radius 1 is 1.25 bits per heavy atom. The third-order valence-corrected chi connectivity index (χ3v) is 4.36. The summed E-state index contributed by atoms with van der Waals surface area (Å²) in [7, 11) is 0. The highest BCUT2D eigenvalue weighted by Gasteiger charge is 2.42. The molecule has 2 aliphatic heterocycles. The van der Waals surface area contributed by atoms with E-state index in [1.54, 1.807) is 4.57 Å². The molecule has 1 aromatic rings. The minimum absolute atomic E-state index is 0.0126. The number of hydrogen-bond acceptors (Lipinski definition) is 3. The third kappa shape index (κ3) is 2.82. The number of nitrogens with zero attached hydrogens (tertiary/aromatic N) is 3. The molecule has 0 bridgehead atoms. The molecule has 0 radical (unpaired) electrons. The van der Waals surface area contributed by atoms with Gasteiger partial charge in [-0.15, -0.1) is 10.2 Å². The molecule has 1 N–H and O–H groups in total. The molecule has 1 aromatic heterocycles. The van der Waals surface area contributed by atoms with Gasteiger partial charge in [-0.1, -0.05) is 0 Å². The standard InChI is InChI=1S/C13H19F3N4/c14-13(15,16)10-3-4-11-18-19-12(20(11)8-10)6-9-2-1-5-17-7-9/h9-10,17H,1-8H2. The van der Waals surface area contributed by atoms with Gasteiger partial charge in [0.25, 0.3) is 0 Å². The molecule has 0 aliphatic carbocycles. The summed E-state index contributed by atoms with van der Waals surface area (Å²) < 4.78 is 40.3. The monoisotopic (exact) mass is 288 g/mol. The molecule has 3 heterocycles. The van der Waals surface area contributed by atoms with Gasteiger partial charge in [0.2, 0.25) is 0 Å². The van der Waals surface area contributed by atoms with E-state index in [0.717, 1.165) is 38.2 Å². The molecule has 0 aromatic carbocycles. The number of nitrogens with one attached hydrogen (secondary N) is 1. The summed E-state index contributed by atoms with van der Waals surface area (Å²) in [5, 5.41) is 11.5. The van der Waals surface area contributed by atoms with E-state index < -0.39 is 12.1 Å². The van der Waals surface area contributed by atoms with E-state index in [0.29, 0.717) is 18.2 Å². The minimum Gasteiger partial charge on any atom is -0.316 e. The average molecular weight is 288 g/mol. The zero-order valence-electron chi connectivity index (χ0n) is 11.3. The number of fused-ring (bicyclic) bond motifs is 1. The van der Waals surface area contributed by atoms with E-state index in [1.165, 1.54) is 0 Å². The average Bonchev–Trinajstić information content (AvgIpc) is 2.82.